The van der Waals surface area contributed by atoms with Gasteiger partial charge in [0, 0.05) is 44.5 Å². The molecule has 4 rings (SSSR count). The van der Waals surface area contributed by atoms with Crippen LogP contribution < -0.4 is 10.2 Å². The molecule has 1 aromatic carbocycles. The van der Waals surface area contributed by atoms with Crippen LogP contribution in [0.2, 0.25) is 0 Å². The number of nitrogens with one attached hydrogen (secondary N) is 2. The SMILES string of the molecule is CN1CCN(C(=O)C2NCc3[nH]ncc32)Cc2ccccc21. The zero-order valence-electron chi connectivity index (χ0n) is 12.5. The van der Waals surface area contributed by atoms with Crippen LogP contribution in [0.15, 0.2) is 30.5 Å². The number of carbonyl (C=O) groups excluding carboxylic acids is 1. The second kappa shape index (κ2) is 5.14. The summed E-state index contributed by atoms with van der Waals surface area (Å²) >= 11 is 0. The Labute approximate surface area is 129 Å². The molecule has 1 amide bonds. The number of H-pyrrole nitrogens is 1. The molecule has 0 aliphatic carbocycles. The van der Waals surface area contributed by atoms with Crippen LogP contribution >= 0.6 is 0 Å². The Bertz CT molecular complexity index is 710. The molecule has 6 nitrogen and oxygen atoms in total. The van der Waals surface area contributed by atoms with Crippen molar-refractivity contribution in [3.05, 3.63) is 47.3 Å². The zero-order valence-corrected chi connectivity index (χ0v) is 12.5. The van der Waals surface area contributed by atoms with Gasteiger partial charge in [-0.05, 0) is 11.6 Å². The average molecular weight is 297 g/mol. The fourth-order valence-electron chi connectivity index (χ4n) is 3.31. The van der Waals surface area contributed by atoms with E-state index in [1.165, 1.54) is 11.3 Å². The Hall–Kier alpha value is -2.34. The van der Waals surface area contributed by atoms with E-state index in [0.29, 0.717) is 13.1 Å². The van der Waals surface area contributed by atoms with Crippen molar-refractivity contribution in [3.63, 3.8) is 0 Å². The van der Waals surface area contributed by atoms with Gasteiger partial charge < -0.3 is 9.80 Å². The monoisotopic (exact) mass is 297 g/mol. The van der Waals surface area contributed by atoms with Crippen molar-refractivity contribution in [3.8, 4) is 0 Å². The third-order valence-electron chi connectivity index (χ3n) is 4.57. The molecule has 1 atom stereocenters. The standard InChI is InChI=1S/C16H19N5O/c1-20-6-7-21(10-11-4-2-3-5-14(11)20)16(22)15-12-8-18-19-13(12)9-17-15/h2-5,8,15,17H,6-7,9-10H2,1H3,(H,18,19). The molecule has 0 bridgehead atoms. The molecule has 0 radical (unpaired) electrons. The van der Waals surface area contributed by atoms with Gasteiger partial charge in [0.05, 0.1) is 11.9 Å². The van der Waals surface area contributed by atoms with Crippen molar-refractivity contribution < 1.29 is 4.79 Å². The largest absolute Gasteiger partial charge is 0.373 e. The third kappa shape index (κ3) is 2.07. The number of amides is 1. The fourth-order valence-corrected chi connectivity index (χ4v) is 3.31. The molecule has 2 N–H and O–H groups in total. The molecule has 3 heterocycles. The Morgan fingerprint density at radius 2 is 2.18 bits per heavy atom. The van der Waals surface area contributed by atoms with Gasteiger partial charge in [0.25, 0.3) is 0 Å². The summed E-state index contributed by atoms with van der Waals surface area (Å²) in [6.45, 7) is 2.91. The molecule has 2 aliphatic heterocycles. The van der Waals surface area contributed by atoms with E-state index in [0.717, 1.165) is 24.3 Å². The average Bonchev–Trinajstić information content (AvgIpc) is 3.09. The second-order valence-electron chi connectivity index (χ2n) is 5.93. The molecular formula is C16H19N5O. The molecule has 1 aromatic heterocycles. The minimum atomic E-state index is -0.274. The topological polar surface area (TPSA) is 64.3 Å². The van der Waals surface area contributed by atoms with E-state index in [4.69, 9.17) is 0 Å². The molecule has 114 valence electrons. The van der Waals surface area contributed by atoms with Crippen LogP contribution in [0.1, 0.15) is 22.9 Å². The molecule has 0 saturated carbocycles. The van der Waals surface area contributed by atoms with Crippen LogP contribution in [-0.4, -0.2) is 41.1 Å². The van der Waals surface area contributed by atoms with Crippen LogP contribution in [0.4, 0.5) is 5.69 Å². The van der Waals surface area contributed by atoms with Gasteiger partial charge in [-0.25, -0.2) is 0 Å². The number of anilines is 1. The highest BCUT2D eigenvalue weighted by molar-refractivity contribution is 5.84. The fraction of sp³-hybridized carbons (Fsp3) is 0.375. The van der Waals surface area contributed by atoms with Crippen LogP contribution in [0, 0.1) is 0 Å². The Morgan fingerprint density at radius 1 is 1.32 bits per heavy atom. The first-order valence-electron chi connectivity index (χ1n) is 7.57. The summed E-state index contributed by atoms with van der Waals surface area (Å²) in [6, 6.07) is 8.02. The minimum absolute atomic E-state index is 0.130. The molecular weight excluding hydrogens is 278 g/mol. The number of para-hydroxylation sites is 1. The number of hydrogen-bond acceptors (Lipinski definition) is 4. The van der Waals surface area contributed by atoms with Gasteiger partial charge in [-0.15, -0.1) is 0 Å². The second-order valence-corrected chi connectivity index (χ2v) is 5.93. The first-order valence-corrected chi connectivity index (χ1v) is 7.57. The maximum Gasteiger partial charge on any atom is 0.244 e. The van der Waals surface area contributed by atoms with Crippen LogP contribution in [0.5, 0.6) is 0 Å². The summed E-state index contributed by atoms with van der Waals surface area (Å²) in [5, 5.41) is 10.3. The summed E-state index contributed by atoms with van der Waals surface area (Å²) in [5.74, 6) is 0.130. The summed E-state index contributed by atoms with van der Waals surface area (Å²) in [4.78, 5) is 17.1. The van der Waals surface area contributed by atoms with Crippen molar-refractivity contribution in [2.75, 3.05) is 25.0 Å². The van der Waals surface area contributed by atoms with E-state index >= 15 is 0 Å². The summed E-state index contributed by atoms with van der Waals surface area (Å²) in [7, 11) is 2.08. The zero-order chi connectivity index (χ0) is 15.1. The van der Waals surface area contributed by atoms with Gasteiger partial charge in [-0.3, -0.25) is 15.2 Å². The number of aromatic amines is 1. The number of hydrogen-bond donors (Lipinski definition) is 2. The van der Waals surface area contributed by atoms with Gasteiger partial charge in [-0.2, -0.15) is 5.10 Å². The number of carbonyl (C=O) groups is 1. The van der Waals surface area contributed by atoms with Crippen LogP contribution in [0.3, 0.4) is 0 Å². The third-order valence-corrected chi connectivity index (χ3v) is 4.57. The molecule has 1 unspecified atom stereocenters. The first kappa shape index (κ1) is 13.3. The lowest BCUT2D eigenvalue weighted by molar-refractivity contribution is -0.133. The summed E-state index contributed by atoms with van der Waals surface area (Å²) < 4.78 is 0. The van der Waals surface area contributed by atoms with E-state index in [9.17, 15) is 4.79 Å². The lowest BCUT2D eigenvalue weighted by atomic mass is 10.1. The molecule has 22 heavy (non-hydrogen) atoms. The predicted octanol–water partition coefficient (Wildman–Crippen LogP) is 1.03. The van der Waals surface area contributed by atoms with E-state index in [-0.39, 0.29) is 11.9 Å². The van der Waals surface area contributed by atoms with Gasteiger partial charge in [0.15, 0.2) is 0 Å². The van der Waals surface area contributed by atoms with Crippen molar-refractivity contribution in [1.82, 2.24) is 20.4 Å². The number of benzene rings is 1. The smallest absolute Gasteiger partial charge is 0.244 e. The summed E-state index contributed by atoms with van der Waals surface area (Å²) in [5.41, 5.74) is 4.41. The van der Waals surface area contributed by atoms with E-state index < -0.39 is 0 Å². The molecule has 2 aliphatic rings. The molecule has 2 aromatic rings. The molecule has 0 saturated heterocycles. The number of aromatic nitrogens is 2. The van der Waals surface area contributed by atoms with Crippen molar-refractivity contribution in [1.29, 1.82) is 0 Å². The predicted molar refractivity (Wildman–Crippen MR) is 83.3 cm³/mol. The lowest BCUT2D eigenvalue weighted by Crippen LogP contribution is -2.40. The van der Waals surface area contributed by atoms with Gasteiger partial charge in [0.1, 0.15) is 6.04 Å². The molecule has 0 spiro atoms. The highest BCUT2D eigenvalue weighted by atomic mass is 16.2. The molecule has 0 fully saturated rings. The molecule has 6 heteroatoms. The maximum atomic E-state index is 12.9. The highest BCUT2D eigenvalue weighted by Crippen LogP contribution is 2.28. The summed E-state index contributed by atoms with van der Waals surface area (Å²) in [6.07, 6.45) is 1.76. The number of nitrogens with zero attached hydrogens (tertiary/aromatic N) is 3. The maximum absolute atomic E-state index is 12.9. The quantitative estimate of drug-likeness (QED) is 0.825. The van der Waals surface area contributed by atoms with Crippen molar-refractivity contribution in [2.24, 2.45) is 0 Å². The Morgan fingerprint density at radius 3 is 3.09 bits per heavy atom. The number of likely N-dealkylation sites (N-methyl/N-ethyl adjacent to an activating group) is 1. The van der Waals surface area contributed by atoms with Gasteiger partial charge >= 0.3 is 0 Å². The van der Waals surface area contributed by atoms with Gasteiger partial charge in [-0.1, -0.05) is 18.2 Å². The lowest BCUT2D eigenvalue weighted by Gasteiger charge is -2.24. The van der Waals surface area contributed by atoms with Crippen molar-refractivity contribution in [2.45, 2.75) is 19.1 Å². The van der Waals surface area contributed by atoms with Crippen LogP contribution in [-0.2, 0) is 17.9 Å². The Balaban J connectivity index is 1.60. The normalized spacial score (nSPS) is 20.5. The number of fused-ring (bicyclic) bond motifs is 2. The van der Waals surface area contributed by atoms with Gasteiger partial charge in [0.2, 0.25) is 5.91 Å². The van der Waals surface area contributed by atoms with Crippen molar-refractivity contribution >= 4 is 11.6 Å². The van der Waals surface area contributed by atoms with Crippen LogP contribution in [0.25, 0.3) is 0 Å². The minimum Gasteiger partial charge on any atom is -0.373 e. The van der Waals surface area contributed by atoms with E-state index in [1.807, 2.05) is 17.0 Å². The van der Waals surface area contributed by atoms with E-state index in [1.54, 1.807) is 6.20 Å². The Kier molecular flexibility index (Phi) is 3.11. The number of rotatable bonds is 1. The highest BCUT2D eigenvalue weighted by Gasteiger charge is 2.33. The first-order chi connectivity index (χ1) is 10.7. The van der Waals surface area contributed by atoms with E-state index in [2.05, 4.69) is 39.6 Å².